The lowest BCUT2D eigenvalue weighted by molar-refractivity contribution is 0.176. The van der Waals surface area contributed by atoms with Crippen molar-refractivity contribution in [2.45, 2.75) is 46.3 Å². The molecule has 108 valence electrons. The Kier molecular flexibility index (Phi) is 7.16. The molecule has 0 atom stereocenters. The first-order valence-corrected chi connectivity index (χ1v) is 7.57. The largest absolute Gasteiger partial charge is 0.311 e. The number of benzene rings is 1. The minimum atomic E-state index is 0.576. The van der Waals surface area contributed by atoms with Gasteiger partial charge in [-0.25, -0.2) is 0 Å². The molecule has 0 fully saturated rings. The van der Waals surface area contributed by atoms with E-state index in [1.165, 1.54) is 0 Å². The summed E-state index contributed by atoms with van der Waals surface area (Å²) in [7, 11) is 0. The topological polar surface area (TPSA) is 15.3 Å². The second kappa shape index (κ2) is 8.11. The quantitative estimate of drug-likeness (QED) is 0.759. The van der Waals surface area contributed by atoms with Crippen LogP contribution in [0.2, 0.25) is 10.0 Å². The van der Waals surface area contributed by atoms with Crippen molar-refractivity contribution in [2.24, 2.45) is 0 Å². The molecule has 4 heteroatoms. The van der Waals surface area contributed by atoms with Crippen LogP contribution in [-0.4, -0.2) is 30.1 Å². The Hall–Kier alpha value is -0.280. The first kappa shape index (κ1) is 16.8. The minimum absolute atomic E-state index is 0.576. The van der Waals surface area contributed by atoms with Crippen LogP contribution in [-0.2, 0) is 6.54 Å². The first-order chi connectivity index (χ1) is 8.91. The highest BCUT2D eigenvalue weighted by molar-refractivity contribution is 6.42. The Balaban J connectivity index is 2.36. The van der Waals surface area contributed by atoms with Gasteiger partial charge in [0.1, 0.15) is 0 Å². The van der Waals surface area contributed by atoms with Crippen LogP contribution in [0, 0.1) is 0 Å². The Morgan fingerprint density at radius 1 is 1.05 bits per heavy atom. The number of nitrogens with one attached hydrogen (secondary N) is 1. The predicted molar refractivity (Wildman–Crippen MR) is 85.1 cm³/mol. The molecule has 2 nitrogen and oxygen atoms in total. The maximum absolute atomic E-state index is 5.99. The third-order valence-electron chi connectivity index (χ3n) is 3.19. The summed E-state index contributed by atoms with van der Waals surface area (Å²) in [5, 5.41) is 4.67. The van der Waals surface area contributed by atoms with Crippen LogP contribution in [0.3, 0.4) is 0 Å². The van der Waals surface area contributed by atoms with E-state index in [1.54, 1.807) is 0 Å². The molecule has 1 aromatic carbocycles. The molecule has 0 aliphatic carbocycles. The van der Waals surface area contributed by atoms with Gasteiger partial charge in [-0.3, -0.25) is 4.90 Å². The Labute approximate surface area is 127 Å². The molecule has 1 N–H and O–H groups in total. The molecular formula is C15H24Cl2N2. The van der Waals surface area contributed by atoms with Crippen LogP contribution < -0.4 is 5.32 Å². The standard InChI is InChI=1S/C15H24Cl2N2/c1-11(2)19(12(3)4)8-7-18-10-13-5-6-14(16)15(17)9-13/h5-6,9,11-12,18H,7-8,10H2,1-4H3. The molecule has 0 radical (unpaired) electrons. The van der Waals surface area contributed by atoms with E-state index in [0.29, 0.717) is 22.1 Å². The van der Waals surface area contributed by atoms with E-state index in [1.807, 2.05) is 18.2 Å². The SMILES string of the molecule is CC(C)N(CCNCc1ccc(Cl)c(Cl)c1)C(C)C. The van der Waals surface area contributed by atoms with Gasteiger partial charge in [-0.15, -0.1) is 0 Å². The predicted octanol–water partition coefficient (Wildman–Crippen LogP) is 4.20. The average Bonchev–Trinajstić information content (AvgIpc) is 2.32. The Morgan fingerprint density at radius 2 is 1.68 bits per heavy atom. The summed E-state index contributed by atoms with van der Waals surface area (Å²) < 4.78 is 0. The molecule has 0 aromatic heterocycles. The molecule has 0 amide bonds. The summed E-state index contributed by atoms with van der Waals surface area (Å²) in [5.41, 5.74) is 1.16. The number of hydrogen-bond donors (Lipinski definition) is 1. The Morgan fingerprint density at radius 3 is 2.21 bits per heavy atom. The van der Waals surface area contributed by atoms with Gasteiger partial charge >= 0.3 is 0 Å². The van der Waals surface area contributed by atoms with E-state index < -0.39 is 0 Å². The van der Waals surface area contributed by atoms with Crippen LogP contribution in [0.15, 0.2) is 18.2 Å². The smallest absolute Gasteiger partial charge is 0.0595 e. The molecule has 0 bridgehead atoms. The number of rotatable bonds is 7. The van der Waals surface area contributed by atoms with E-state index in [2.05, 4.69) is 37.9 Å². The molecule has 19 heavy (non-hydrogen) atoms. The molecule has 1 rings (SSSR count). The Bertz CT molecular complexity index is 384. The van der Waals surface area contributed by atoms with Gasteiger partial charge in [0.25, 0.3) is 0 Å². The summed E-state index contributed by atoms with van der Waals surface area (Å²) in [5.74, 6) is 0. The van der Waals surface area contributed by atoms with E-state index in [-0.39, 0.29) is 0 Å². The van der Waals surface area contributed by atoms with Gasteiger partial charge in [-0.05, 0) is 45.4 Å². The zero-order valence-corrected chi connectivity index (χ0v) is 13.7. The highest BCUT2D eigenvalue weighted by Crippen LogP contribution is 2.22. The van der Waals surface area contributed by atoms with Gasteiger partial charge in [0.05, 0.1) is 10.0 Å². The lowest BCUT2D eigenvalue weighted by atomic mass is 10.2. The fourth-order valence-corrected chi connectivity index (χ4v) is 2.52. The summed E-state index contributed by atoms with van der Waals surface area (Å²) in [6, 6.07) is 6.91. The summed E-state index contributed by atoms with van der Waals surface area (Å²) >= 11 is 11.9. The molecule has 0 unspecified atom stereocenters. The van der Waals surface area contributed by atoms with Crippen molar-refractivity contribution < 1.29 is 0 Å². The number of halogens is 2. The third-order valence-corrected chi connectivity index (χ3v) is 3.93. The molecule has 0 saturated heterocycles. The normalized spacial score (nSPS) is 11.8. The van der Waals surface area contributed by atoms with Crippen LogP contribution in [0.1, 0.15) is 33.3 Å². The van der Waals surface area contributed by atoms with E-state index in [0.717, 1.165) is 25.2 Å². The second-order valence-corrected chi connectivity index (χ2v) is 6.16. The molecule has 0 saturated carbocycles. The lowest BCUT2D eigenvalue weighted by Crippen LogP contribution is -2.41. The van der Waals surface area contributed by atoms with E-state index >= 15 is 0 Å². The highest BCUT2D eigenvalue weighted by atomic mass is 35.5. The number of nitrogens with zero attached hydrogens (tertiary/aromatic N) is 1. The first-order valence-electron chi connectivity index (χ1n) is 6.82. The lowest BCUT2D eigenvalue weighted by Gasteiger charge is -2.30. The maximum atomic E-state index is 5.99. The van der Waals surface area contributed by atoms with Gasteiger partial charge in [0.15, 0.2) is 0 Å². The fraction of sp³-hybridized carbons (Fsp3) is 0.600. The second-order valence-electron chi connectivity index (χ2n) is 5.35. The van der Waals surface area contributed by atoms with Crippen molar-refractivity contribution in [3.8, 4) is 0 Å². The van der Waals surface area contributed by atoms with E-state index in [4.69, 9.17) is 23.2 Å². The van der Waals surface area contributed by atoms with Crippen molar-refractivity contribution in [1.82, 2.24) is 10.2 Å². The fourth-order valence-electron chi connectivity index (χ4n) is 2.20. The minimum Gasteiger partial charge on any atom is -0.311 e. The van der Waals surface area contributed by atoms with Crippen LogP contribution in [0.4, 0.5) is 0 Å². The van der Waals surface area contributed by atoms with Gasteiger partial charge in [-0.1, -0.05) is 29.3 Å². The summed E-state index contributed by atoms with van der Waals surface area (Å²) in [4.78, 5) is 2.47. The van der Waals surface area contributed by atoms with Crippen LogP contribution in [0.5, 0.6) is 0 Å². The average molecular weight is 303 g/mol. The van der Waals surface area contributed by atoms with Crippen molar-refractivity contribution in [3.05, 3.63) is 33.8 Å². The molecule has 0 heterocycles. The maximum Gasteiger partial charge on any atom is 0.0595 e. The summed E-state index contributed by atoms with van der Waals surface area (Å²) in [6.45, 7) is 11.8. The molecular weight excluding hydrogens is 279 g/mol. The van der Waals surface area contributed by atoms with Crippen LogP contribution in [0.25, 0.3) is 0 Å². The molecule has 0 spiro atoms. The van der Waals surface area contributed by atoms with Crippen LogP contribution >= 0.6 is 23.2 Å². The van der Waals surface area contributed by atoms with E-state index in [9.17, 15) is 0 Å². The molecule has 0 aliphatic heterocycles. The zero-order chi connectivity index (χ0) is 14.4. The summed E-state index contributed by atoms with van der Waals surface area (Å²) in [6.07, 6.45) is 0. The van der Waals surface area contributed by atoms with Gasteiger partial charge in [0.2, 0.25) is 0 Å². The third kappa shape index (κ3) is 5.70. The molecule has 1 aromatic rings. The van der Waals surface area contributed by atoms with Crippen molar-refractivity contribution >= 4 is 23.2 Å². The number of hydrogen-bond acceptors (Lipinski definition) is 2. The monoisotopic (exact) mass is 302 g/mol. The van der Waals surface area contributed by atoms with Gasteiger partial charge < -0.3 is 5.32 Å². The zero-order valence-electron chi connectivity index (χ0n) is 12.2. The molecule has 0 aliphatic rings. The van der Waals surface area contributed by atoms with Crippen molar-refractivity contribution in [1.29, 1.82) is 0 Å². The van der Waals surface area contributed by atoms with Crippen molar-refractivity contribution in [3.63, 3.8) is 0 Å². The van der Waals surface area contributed by atoms with Crippen molar-refractivity contribution in [2.75, 3.05) is 13.1 Å². The van der Waals surface area contributed by atoms with Gasteiger partial charge in [0, 0.05) is 31.7 Å². The van der Waals surface area contributed by atoms with Gasteiger partial charge in [-0.2, -0.15) is 0 Å². The highest BCUT2D eigenvalue weighted by Gasteiger charge is 2.12.